The van der Waals surface area contributed by atoms with E-state index in [-0.39, 0.29) is 12.2 Å². The van der Waals surface area contributed by atoms with Crippen LogP contribution in [0.15, 0.2) is 30.6 Å². The maximum Gasteiger partial charge on any atom is 0.176 e. The Morgan fingerprint density at radius 2 is 2.03 bits per heavy atom. The number of methoxy groups -OCH3 is 1. The van der Waals surface area contributed by atoms with E-state index in [1.165, 1.54) is 0 Å². The van der Waals surface area contributed by atoms with Gasteiger partial charge in [0.05, 0.1) is 30.5 Å². The number of hydrogen-bond donors (Lipinski definition) is 1. The fraction of sp³-hybridized carbons (Fsp3) is 0.550. The molecule has 10 heteroatoms. The van der Waals surface area contributed by atoms with Gasteiger partial charge in [0.15, 0.2) is 5.82 Å². The Morgan fingerprint density at radius 1 is 1.23 bits per heavy atom. The molecule has 0 spiro atoms. The third-order valence-electron chi connectivity index (χ3n) is 5.56. The molecule has 2 aromatic heterocycles. The zero-order chi connectivity index (χ0) is 21.1. The van der Waals surface area contributed by atoms with Gasteiger partial charge in [0.1, 0.15) is 17.9 Å². The summed E-state index contributed by atoms with van der Waals surface area (Å²) >= 11 is 0. The number of benzene rings is 1. The summed E-state index contributed by atoms with van der Waals surface area (Å²) in [6.07, 6.45) is 3.44. The summed E-state index contributed by atoms with van der Waals surface area (Å²) in [4.78, 5) is 0. The van der Waals surface area contributed by atoms with E-state index < -0.39 is 5.54 Å². The van der Waals surface area contributed by atoms with Crippen LogP contribution in [-0.2, 0) is 16.8 Å². The zero-order valence-corrected chi connectivity index (χ0v) is 17.8. The normalized spacial score (nSPS) is 24.1. The second-order valence-electron chi connectivity index (χ2n) is 7.86. The highest BCUT2D eigenvalue weighted by Crippen LogP contribution is 2.37. The van der Waals surface area contributed by atoms with Gasteiger partial charge >= 0.3 is 0 Å². The number of ether oxygens (including phenoxy) is 2. The summed E-state index contributed by atoms with van der Waals surface area (Å²) in [7, 11) is 1.65. The molecule has 0 aliphatic carbocycles. The minimum atomic E-state index is -0.425. The van der Waals surface area contributed by atoms with Crippen LogP contribution < -0.4 is 10.1 Å². The second kappa shape index (κ2) is 8.49. The van der Waals surface area contributed by atoms with Gasteiger partial charge in [-0.3, -0.25) is 0 Å². The molecule has 3 aromatic rings. The molecule has 0 bridgehead atoms. The summed E-state index contributed by atoms with van der Waals surface area (Å²) in [5, 5.41) is 24.5. The molecule has 3 atom stereocenters. The van der Waals surface area contributed by atoms with Gasteiger partial charge in [0.2, 0.25) is 0 Å². The van der Waals surface area contributed by atoms with Crippen molar-refractivity contribution in [2.45, 2.75) is 57.9 Å². The third-order valence-corrected chi connectivity index (χ3v) is 5.56. The van der Waals surface area contributed by atoms with Gasteiger partial charge in [-0.2, -0.15) is 4.68 Å². The third kappa shape index (κ3) is 4.05. The minimum Gasteiger partial charge on any atom is -0.497 e. The average molecular weight is 412 g/mol. The average Bonchev–Trinajstić information content (AvgIpc) is 3.37. The number of rotatable bonds is 7. The van der Waals surface area contributed by atoms with Crippen molar-refractivity contribution >= 4 is 0 Å². The molecule has 0 amide bonds. The van der Waals surface area contributed by atoms with E-state index in [2.05, 4.69) is 44.9 Å². The molecule has 4 rings (SSSR count). The van der Waals surface area contributed by atoms with Gasteiger partial charge in [0, 0.05) is 19.2 Å². The molecular weight excluding hydrogens is 384 g/mol. The summed E-state index contributed by atoms with van der Waals surface area (Å²) in [5.74, 6) is 2.42. The summed E-state index contributed by atoms with van der Waals surface area (Å²) in [6.45, 7) is 7.62. The van der Waals surface area contributed by atoms with Gasteiger partial charge in [-0.25, -0.2) is 0 Å². The molecule has 1 unspecified atom stereocenters. The van der Waals surface area contributed by atoms with Crippen molar-refractivity contribution in [3.8, 4) is 11.4 Å². The number of nitrogens with zero attached hydrogens (tertiary/aromatic N) is 7. The molecule has 160 valence electrons. The fourth-order valence-electron chi connectivity index (χ4n) is 4.31. The largest absolute Gasteiger partial charge is 0.497 e. The van der Waals surface area contributed by atoms with E-state index in [4.69, 9.17) is 9.47 Å². The molecular formula is C20H28N8O2. The number of nitrogens with one attached hydrogen (secondary N) is 1. The van der Waals surface area contributed by atoms with Crippen molar-refractivity contribution in [1.29, 1.82) is 0 Å². The Bertz CT molecular complexity index is 975. The van der Waals surface area contributed by atoms with Crippen LogP contribution in [-0.4, -0.2) is 60.8 Å². The lowest BCUT2D eigenvalue weighted by Crippen LogP contribution is -2.53. The van der Waals surface area contributed by atoms with Crippen LogP contribution in [0.3, 0.4) is 0 Å². The van der Waals surface area contributed by atoms with Gasteiger partial charge in [0.25, 0.3) is 0 Å². The predicted molar refractivity (Wildman–Crippen MR) is 109 cm³/mol. The molecule has 10 nitrogen and oxygen atoms in total. The lowest BCUT2D eigenvalue weighted by Gasteiger charge is -2.42. The molecule has 0 saturated carbocycles. The van der Waals surface area contributed by atoms with E-state index in [9.17, 15) is 0 Å². The first-order chi connectivity index (χ1) is 14.5. The van der Waals surface area contributed by atoms with E-state index in [1.807, 2.05) is 35.8 Å². The van der Waals surface area contributed by atoms with E-state index >= 15 is 0 Å². The van der Waals surface area contributed by atoms with E-state index in [0.29, 0.717) is 0 Å². The number of tetrazole rings is 1. The number of hydrogen-bond acceptors (Lipinski definition) is 8. The Morgan fingerprint density at radius 3 is 2.73 bits per heavy atom. The molecule has 30 heavy (non-hydrogen) atoms. The Labute approximate surface area is 175 Å². The van der Waals surface area contributed by atoms with Crippen LogP contribution in [0.4, 0.5) is 0 Å². The Hall–Kier alpha value is -2.85. The van der Waals surface area contributed by atoms with Crippen molar-refractivity contribution in [3.63, 3.8) is 0 Å². The number of aromatic nitrogens is 7. The quantitative estimate of drug-likeness (QED) is 0.624. The van der Waals surface area contributed by atoms with Crippen LogP contribution in [0.1, 0.15) is 38.3 Å². The molecule has 1 N–H and O–H groups in total. The van der Waals surface area contributed by atoms with Crippen LogP contribution in [0, 0.1) is 6.92 Å². The first-order valence-corrected chi connectivity index (χ1v) is 10.2. The maximum absolute atomic E-state index is 6.03. The topological polar surface area (TPSA) is 105 Å². The predicted octanol–water partition coefficient (Wildman–Crippen LogP) is 1.64. The SMILES string of the molecule is COc1cccc(-n2nnnc2C2(NCCn3cnnc3C)C[C@@H](C)O[C@@H](C)C2)c1. The maximum atomic E-state index is 6.03. The fourth-order valence-corrected chi connectivity index (χ4v) is 4.31. The standard InChI is InChI=1S/C20H28N8O2/c1-14-11-20(12-15(2)30-14,21-8-9-27-13-22-23-16(27)3)19-24-25-26-28(19)17-6-5-7-18(10-17)29-4/h5-7,10,13-15,21H,8-9,11-12H2,1-4H3/t14-,15+,20?. The van der Waals surface area contributed by atoms with Crippen molar-refractivity contribution in [1.82, 2.24) is 40.3 Å². The van der Waals surface area contributed by atoms with Crippen LogP contribution >= 0.6 is 0 Å². The second-order valence-corrected chi connectivity index (χ2v) is 7.86. The highest BCUT2D eigenvalue weighted by molar-refractivity contribution is 5.39. The van der Waals surface area contributed by atoms with E-state index in [1.54, 1.807) is 18.1 Å². The Kier molecular flexibility index (Phi) is 5.78. The molecule has 1 aromatic carbocycles. The number of aryl methyl sites for hydroxylation is 1. The van der Waals surface area contributed by atoms with Gasteiger partial charge in [-0.15, -0.1) is 15.3 Å². The lowest BCUT2D eigenvalue weighted by molar-refractivity contribution is -0.0740. The summed E-state index contributed by atoms with van der Waals surface area (Å²) in [5.41, 5.74) is 0.433. The van der Waals surface area contributed by atoms with Crippen LogP contribution in [0.5, 0.6) is 5.75 Å². The van der Waals surface area contributed by atoms with Crippen molar-refractivity contribution < 1.29 is 9.47 Å². The molecule has 1 aliphatic rings. The Balaban J connectivity index is 1.66. The summed E-state index contributed by atoms with van der Waals surface area (Å²) < 4.78 is 15.2. The van der Waals surface area contributed by atoms with Crippen LogP contribution in [0.25, 0.3) is 5.69 Å². The van der Waals surface area contributed by atoms with Crippen molar-refractivity contribution in [2.75, 3.05) is 13.7 Å². The lowest BCUT2D eigenvalue weighted by atomic mass is 9.83. The monoisotopic (exact) mass is 412 g/mol. The smallest absolute Gasteiger partial charge is 0.176 e. The molecule has 1 saturated heterocycles. The van der Waals surface area contributed by atoms with Gasteiger partial charge < -0.3 is 19.4 Å². The summed E-state index contributed by atoms with van der Waals surface area (Å²) in [6, 6.07) is 7.74. The first kappa shape index (κ1) is 20.4. The van der Waals surface area contributed by atoms with Crippen LogP contribution in [0.2, 0.25) is 0 Å². The van der Waals surface area contributed by atoms with E-state index in [0.717, 1.165) is 49.0 Å². The highest BCUT2D eigenvalue weighted by Gasteiger charge is 2.44. The zero-order valence-electron chi connectivity index (χ0n) is 17.8. The van der Waals surface area contributed by atoms with Crippen molar-refractivity contribution in [3.05, 3.63) is 42.2 Å². The highest BCUT2D eigenvalue weighted by atomic mass is 16.5. The van der Waals surface area contributed by atoms with Gasteiger partial charge in [-0.05, 0) is 56.2 Å². The molecule has 1 aliphatic heterocycles. The molecule has 1 fully saturated rings. The molecule has 0 radical (unpaired) electrons. The molecule has 3 heterocycles. The first-order valence-electron chi connectivity index (χ1n) is 10.2. The van der Waals surface area contributed by atoms with Gasteiger partial charge in [-0.1, -0.05) is 6.07 Å². The van der Waals surface area contributed by atoms with Crippen molar-refractivity contribution in [2.24, 2.45) is 0 Å². The minimum absolute atomic E-state index is 0.0772.